The monoisotopic (exact) mass is 293 g/mol. The van der Waals surface area contributed by atoms with Gasteiger partial charge in [0.15, 0.2) is 17.9 Å². The van der Waals surface area contributed by atoms with Crippen LogP contribution in [0.15, 0.2) is 24.5 Å². The zero-order valence-corrected chi connectivity index (χ0v) is 11.2. The molecule has 0 N–H and O–H groups in total. The fourth-order valence-corrected chi connectivity index (χ4v) is 1.93. The Morgan fingerprint density at radius 3 is 2.81 bits per heavy atom. The third-order valence-corrected chi connectivity index (χ3v) is 2.95. The molecule has 0 saturated carbocycles. The molecule has 110 valence electrons. The maximum Gasteiger partial charge on any atom is 0.361 e. The molecule has 1 aliphatic heterocycles. The minimum absolute atomic E-state index is 0.366. The van der Waals surface area contributed by atoms with Gasteiger partial charge in [0, 0.05) is 11.8 Å². The molecule has 2 aromatic heterocycles. The van der Waals surface area contributed by atoms with Crippen molar-refractivity contribution in [3.63, 3.8) is 0 Å². The molecule has 1 aliphatic rings. The van der Waals surface area contributed by atoms with E-state index < -0.39 is 18.1 Å². The molecule has 0 spiro atoms. The Hall–Kier alpha value is -2.32. The number of hydrogen-bond acceptors (Lipinski definition) is 6. The highest BCUT2D eigenvalue weighted by Crippen LogP contribution is 2.23. The van der Waals surface area contributed by atoms with Crippen molar-refractivity contribution in [2.45, 2.75) is 6.29 Å². The minimum atomic E-state index is -0.837. The molecule has 0 atom stereocenters. The van der Waals surface area contributed by atoms with Crippen LogP contribution in [0.5, 0.6) is 0 Å². The zero-order chi connectivity index (χ0) is 14.8. The predicted octanol–water partition coefficient (Wildman–Crippen LogP) is 1.24. The Bertz CT molecular complexity index is 650. The van der Waals surface area contributed by atoms with Crippen molar-refractivity contribution < 1.29 is 23.4 Å². The lowest BCUT2D eigenvalue weighted by Crippen LogP contribution is -2.06. The number of pyridine rings is 1. The second-order valence-corrected chi connectivity index (χ2v) is 4.29. The maximum absolute atomic E-state index is 13.6. The van der Waals surface area contributed by atoms with Crippen LogP contribution in [0.2, 0.25) is 0 Å². The van der Waals surface area contributed by atoms with Gasteiger partial charge in [-0.1, -0.05) is 0 Å². The average molecular weight is 293 g/mol. The quantitative estimate of drug-likeness (QED) is 0.793. The van der Waals surface area contributed by atoms with Crippen molar-refractivity contribution in [3.05, 3.63) is 41.6 Å². The first kappa shape index (κ1) is 13.7. The number of esters is 1. The molecule has 1 saturated heterocycles. The third kappa shape index (κ3) is 2.63. The molecule has 8 heteroatoms. The van der Waals surface area contributed by atoms with Crippen molar-refractivity contribution in [1.29, 1.82) is 0 Å². The summed E-state index contributed by atoms with van der Waals surface area (Å²) in [6, 6.07) is 3.38. The maximum atomic E-state index is 13.6. The average Bonchev–Trinajstić information content (AvgIpc) is 3.16. The molecule has 2 aromatic rings. The Morgan fingerprint density at radius 1 is 1.43 bits per heavy atom. The van der Waals surface area contributed by atoms with Gasteiger partial charge >= 0.3 is 5.97 Å². The lowest BCUT2D eigenvalue weighted by atomic mass is 10.3. The molecular weight excluding hydrogens is 281 g/mol. The van der Waals surface area contributed by atoms with Gasteiger partial charge < -0.3 is 14.2 Å². The number of hydrogen-bond donors (Lipinski definition) is 0. The fraction of sp³-hybridized carbons (Fsp3) is 0.308. The van der Waals surface area contributed by atoms with Gasteiger partial charge in [0.25, 0.3) is 0 Å². The van der Waals surface area contributed by atoms with Crippen LogP contribution in [-0.2, 0) is 14.2 Å². The van der Waals surface area contributed by atoms with Crippen LogP contribution in [-0.4, -0.2) is 41.1 Å². The first-order valence-corrected chi connectivity index (χ1v) is 6.22. The van der Waals surface area contributed by atoms with Gasteiger partial charge in [-0.3, -0.25) is 0 Å². The van der Waals surface area contributed by atoms with E-state index in [1.54, 1.807) is 18.3 Å². The van der Waals surface area contributed by atoms with E-state index in [4.69, 9.17) is 9.47 Å². The van der Waals surface area contributed by atoms with Gasteiger partial charge in [-0.25, -0.2) is 18.9 Å². The van der Waals surface area contributed by atoms with E-state index >= 15 is 0 Å². The van der Waals surface area contributed by atoms with Crippen LogP contribution in [0, 0.1) is 5.82 Å². The van der Waals surface area contributed by atoms with E-state index in [1.807, 2.05) is 0 Å². The Kier molecular flexibility index (Phi) is 3.63. The largest absolute Gasteiger partial charge is 0.464 e. The summed E-state index contributed by atoms with van der Waals surface area (Å²) in [4.78, 5) is 15.5. The topological polar surface area (TPSA) is 75.5 Å². The molecule has 3 heterocycles. The number of rotatable bonds is 3. The van der Waals surface area contributed by atoms with E-state index in [-0.39, 0.29) is 5.69 Å². The number of carbonyl (C=O) groups is 1. The first-order chi connectivity index (χ1) is 10.2. The molecule has 7 nitrogen and oxygen atoms in total. The van der Waals surface area contributed by atoms with E-state index in [0.717, 1.165) is 18.9 Å². The molecule has 0 aliphatic carbocycles. The zero-order valence-electron chi connectivity index (χ0n) is 11.2. The molecule has 3 rings (SSSR count). The summed E-state index contributed by atoms with van der Waals surface area (Å²) in [5.41, 5.74) is 0.378. The number of methoxy groups -OCH3 is 1. The third-order valence-electron chi connectivity index (χ3n) is 2.95. The second-order valence-electron chi connectivity index (χ2n) is 4.29. The Morgan fingerprint density at radius 2 is 2.19 bits per heavy atom. The van der Waals surface area contributed by atoms with Gasteiger partial charge in [-0.05, 0) is 12.1 Å². The minimum Gasteiger partial charge on any atom is -0.464 e. The van der Waals surface area contributed by atoms with Crippen LogP contribution >= 0.6 is 0 Å². The highest BCUT2D eigenvalue weighted by molar-refractivity contribution is 5.87. The molecule has 0 radical (unpaired) electrons. The molecular formula is C13H12FN3O4. The first-order valence-electron chi connectivity index (χ1n) is 6.22. The van der Waals surface area contributed by atoms with Crippen molar-refractivity contribution >= 4 is 5.97 Å². The predicted molar refractivity (Wildman–Crippen MR) is 67.3 cm³/mol. The Labute approximate surface area is 119 Å². The lowest BCUT2D eigenvalue weighted by Gasteiger charge is -2.09. The van der Waals surface area contributed by atoms with Crippen LogP contribution in [0.3, 0.4) is 0 Å². The normalized spacial score (nSPS) is 15.3. The molecule has 0 amide bonds. The molecule has 0 bridgehead atoms. The number of ether oxygens (including phenoxy) is 3. The molecule has 0 aromatic carbocycles. The van der Waals surface area contributed by atoms with Crippen LogP contribution in [0.4, 0.5) is 4.39 Å². The fourth-order valence-electron chi connectivity index (χ4n) is 1.93. The van der Waals surface area contributed by atoms with Gasteiger partial charge in [0.1, 0.15) is 0 Å². The highest BCUT2D eigenvalue weighted by atomic mass is 19.1. The summed E-state index contributed by atoms with van der Waals surface area (Å²) in [7, 11) is 1.16. The molecule has 21 heavy (non-hydrogen) atoms. The summed E-state index contributed by atoms with van der Waals surface area (Å²) in [6.07, 6.45) is 2.20. The SMILES string of the molecule is COC(=O)c1nn(-c2ccc(C3OCCO3)cn2)cc1F. The van der Waals surface area contributed by atoms with Gasteiger partial charge in [0.2, 0.25) is 5.69 Å². The van der Waals surface area contributed by atoms with Gasteiger partial charge in [-0.2, -0.15) is 5.10 Å². The van der Waals surface area contributed by atoms with Gasteiger partial charge in [-0.15, -0.1) is 0 Å². The number of halogens is 1. The van der Waals surface area contributed by atoms with Gasteiger partial charge in [0.05, 0.1) is 26.5 Å². The molecule has 0 unspecified atom stereocenters. The number of carbonyl (C=O) groups excluding carboxylic acids is 1. The lowest BCUT2D eigenvalue weighted by molar-refractivity contribution is -0.0443. The van der Waals surface area contributed by atoms with Crippen molar-refractivity contribution in [3.8, 4) is 5.82 Å². The summed E-state index contributed by atoms with van der Waals surface area (Å²) in [6.45, 7) is 1.08. The number of nitrogens with zero attached hydrogens (tertiary/aromatic N) is 3. The second kappa shape index (κ2) is 5.58. The standard InChI is InChI=1S/C13H12FN3O4/c1-19-12(18)11-9(14)7-17(16-11)10-3-2-8(6-15-10)13-20-4-5-21-13/h2-3,6-7,13H,4-5H2,1H3. The van der Waals surface area contributed by atoms with Crippen molar-refractivity contribution in [2.75, 3.05) is 20.3 Å². The van der Waals surface area contributed by atoms with E-state index in [9.17, 15) is 9.18 Å². The molecule has 1 fully saturated rings. The van der Waals surface area contributed by atoms with Crippen molar-refractivity contribution in [1.82, 2.24) is 14.8 Å². The van der Waals surface area contributed by atoms with Crippen LogP contribution in [0.1, 0.15) is 22.3 Å². The summed E-state index contributed by atoms with van der Waals surface area (Å²) in [5, 5.41) is 3.82. The van der Waals surface area contributed by atoms with Crippen LogP contribution < -0.4 is 0 Å². The Balaban J connectivity index is 1.85. The highest BCUT2D eigenvalue weighted by Gasteiger charge is 2.20. The smallest absolute Gasteiger partial charge is 0.361 e. The number of aromatic nitrogens is 3. The summed E-state index contributed by atoms with van der Waals surface area (Å²) >= 11 is 0. The van der Waals surface area contributed by atoms with E-state index in [0.29, 0.717) is 19.0 Å². The van der Waals surface area contributed by atoms with E-state index in [1.165, 1.54) is 4.68 Å². The van der Waals surface area contributed by atoms with Crippen LogP contribution in [0.25, 0.3) is 5.82 Å². The van der Waals surface area contributed by atoms with E-state index in [2.05, 4.69) is 14.8 Å². The summed E-state index contributed by atoms with van der Waals surface area (Å²) in [5.74, 6) is -1.24. The summed E-state index contributed by atoms with van der Waals surface area (Å²) < 4.78 is 29.9. The van der Waals surface area contributed by atoms with Crippen molar-refractivity contribution in [2.24, 2.45) is 0 Å².